The van der Waals surface area contributed by atoms with E-state index in [1.807, 2.05) is 41.1 Å². The first-order valence-corrected chi connectivity index (χ1v) is 8.12. The fraction of sp³-hybridized carbons (Fsp3) is 0.389. The minimum atomic E-state index is -0.00513. The second-order valence-electron chi connectivity index (χ2n) is 5.97. The Morgan fingerprint density at radius 3 is 2.43 bits per heavy atom. The van der Waals surface area contributed by atoms with Gasteiger partial charge in [0.15, 0.2) is 11.5 Å². The number of piperidine rings is 1. The maximum Gasteiger partial charge on any atom is 0.274 e. The number of carbonyl (C=O) groups excluding carboxylic acids is 1. The van der Waals surface area contributed by atoms with Crippen LogP contribution in [0.1, 0.15) is 35.3 Å². The smallest absolute Gasteiger partial charge is 0.274 e. The van der Waals surface area contributed by atoms with Crippen LogP contribution in [-0.4, -0.2) is 41.1 Å². The average Bonchev–Trinajstić information content (AvgIpc) is 2.63. The van der Waals surface area contributed by atoms with Gasteiger partial charge in [0.05, 0.1) is 0 Å². The molecule has 0 N–H and O–H groups in total. The molecule has 23 heavy (non-hydrogen) atoms. The van der Waals surface area contributed by atoms with Gasteiger partial charge >= 0.3 is 0 Å². The quantitative estimate of drug-likeness (QED) is 0.871. The van der Waals surface area contributed by atoms with Crippen LogP contribution in [0.3, 0.4) is 0 Å². The highest BCUT2D eigenvalue weighted by atomic mass is 16.2. The first-order chi connectivity index (χ1) is 11.2. The van der Waals surface area contributed by atoms with Crippen molar-refractivity contribution in [2.45, 2.75) is 25.8 Å². The topological polar surface area (TPSA) is 49.3 Å². The highest BCUT2D eigenvalue weighted by Crippen LogP contribution is 2.15. The maximum absolute atomic E-state index is 12.4. The molecular formula is C18H22N4O. The molecule has 0 spiro atoms. The standard InChI is InChI=1S/C18H22N4O/c1-21(14-15-8-4-2-5-9-15)17-11-10-16(19-20-17)18(23)22-12-6-3-7-13-22/h2,4-5,8-11H,3,6-7,12-14H2,1H3. The number of rotatable bonds is 4. The van der Waals surface area contributed by atoms with Crippen molar-refractivity contribution < 1.29 is 4.79 Å². The maximum atomic E-state index is 12.4. The number of benzene rings is 1. The third kappa shape index (κ3) is 3.86. The van der Waals surface area contributed by atoms with Gasteiger partial charge in [0, 0.05) is 26.7 Å². The van der Waals surface area contributed by atoms with E-state index in [1.54, 1.807) is 6.07 Å². The van der Waals surface area contributed by atoms with E-state index < -0.39 is 0 Å². The van der Waals surface area contributed by atoms with Crippen LogP contribution >= 0.6 is 0 Å². The van der Waals surface area contributed by atoms with E-state index in [2.05, 4.69) is 22.3 Å². The SMILES string of the molecule is CN(Cc1ccccc1)c1ccc(C(=O)N2CCCCC2)nn1. The van der Waals surface area contributed by atoms with Crippen molar-refractivity contribution >= 4 is 11.7 Å². The fourth-order valence-corrected chi connectivity index (χ4v) is 2.84. The summed E-state index contributed by atoms with van der Waals surface area (Å²) >= 11 is 0. The van der Waals surface area contributed by atoms with E-state index in [9.17, 15) is 4.79 Å². The van der Waals surface area contributed by atoms with Gasteiger partial charge in [0.25, 0.3) is 5.91 Å². The van der Waals surface area contributed by atoms with Crippen LogP contribution in [0.4, 0.5) is 5.82 Å². The Morgan fingerprint density at radius 2 is 1.78 bits per heavy atom. The number of hydrogen-bond donors (Lipinski definition) is 0. The van der Waals surface area contributed by atoms with Crippen molar-refractivity contribution in [3.8, 4) is 0 Å². The first-order valence-electron chi connectivity index (χ1n) is 8.12. The Balaban J connectivity index is 1.65. The molecule has 0 saturated carbocycles. The summed E-state index contributed by atoms with van der Waals surface area (Å²) in [4.78, 5) is 16.3. The minimum Gasteiger partial charge on any atom is -0.354 e. The molecule has 1 aliphatic heterocycles. The number of aromatic nitrogens is 2. The lowest BCUT2D eigenvalue weighted by Crippen LogP contribution is -2.36. The number of amides is 1. The molecule has 1 aromatic carbocycles. The van der Waals surface area contributed by atoms with E-state index in [-0.39, 0.29) is 5.91 Å². The van der Waals surface area contributed by atoms with Crippen LogP contribution < -0.4 is 4.90 Å². The van der Waals surface area contributed by atoms with E-state index in [0.717, 1.165) is 38.3 Å². The van der Waals surface area contributed by atoms with Crippen molar-refractivity contribution in [3.05, 3.63) is 53.7 Å². The van der Waals surface area contributed by atoms with Crippen LogP contribution in [0.25, 0.3) is 0 Å². The average molecular weight is 310 g/mol. The van der Waals surface area contributed by atoms with Crippen LogP contribution in [0.15, 0.2) is 42.5 Å². The molecule has 1 aromatic heterocycles. The van der Waals surface area contributed by atoms with Crippen LogP contribution in [0, 0.1) is 0 Å². The summed E-state index contributed by atoms with van der Waals surface area (Å²) in [6.07, 6.45) is 3.37. The van der Waals surface area contributed by atoms with Gasteiger partial charge in [0.2, 0.25) is 0 Å². The molecule has 1 fully saturated rings. The summed E-state index contributed by atoms with van der Waals surface area (Å²) in [7, 11) is 1.98. The molecule has 1 aliphatic rings. The van der Waals surface area contributed by atoms with Crippen molar-refractivity contribution in [2.75, 3.05) is 25.0 Å². The lowest BCUT2D eigenvalue weighted by atomic mass is 10.1. The summed E-state index contributed by atoms with van der Waals surface area (Å²) in [5.41, 5.74) is 1.65. The summed E-state index contributed by atoms with van der Waals surface area (Å²) in [5.74, 6) is 0.763. The van der Waals surface area contributed by atoms with Crippen molar-refractivity contribution in [1.29, 1.82) is 0 Å². The molecule has 0 bridgehead atoms. The second kappa shape index (κ2) is 7.22. The molecule has 2 aromatic rings. The molecule has 0 atom stereocenters. The molecule has 120 valence electrons. The predicted molar refractivity (Wildman–Crippen MR) is 90.3 cm³/mol. The number of nitrogens with zero attached hydrogens (tertiary/aromatic N) is 4. The normalized spacial score (nSPS) is 14.6. The van der Waals surface area contributed by atoms with Gasteiger partial charge in [-0.25, -0.2) is 0 Å². The van der Waals surface area contributed by atoms with Crippen LogP contribution in [0.2, 0.25) is 0 Å². The number of carbonyl (C=O) groups is 1. The third-order valence-electron chi connectivity index (χ3n) is 4.17. The van der Waals surface area contributed by atoms with E-state index in [1.165, 1.54) is 12.0 Å². The zero-order valence-electron chi connectivity index (χ0n) is 13.5. The Labute approximate surface area is 136 Å². The van der Waals surface area contributed by atoms with Crippen molar-refractivity contribution in [1.82, 2.24) is 15.1 Å². The summed E-state index contributed by atoms with van der Waals surface area (Å²) in [5, 5.41) is 8.35. The molecule has 2 heterocycles. The Bertz CT molecular complexity index is 636. The molecule has 0 radical (unpaired) electrons. The van der Waals surface area contributed by atoms with Gasteiger partial charge in [-0.1, -0.05) is 30.3 Å². The molecule has 1 saturated heterocycles. The molecule has 5 nitrogen and oxygen atoms in total. The number of anilines is 1. The molecular weight excluding hydrogens is 288 g/mol. The Kier molecular flexibility index (Phi) is 4.86. The zero-order valence-corrected chi connectivity index (χ0v) is 13.5. The molecule has 0 unspecified atom stereocenters. The second-order valence-corrected chi connectivity index (χ2v) is 5.97. The molecule has 1 amide bonds. The van der Waals surface area contributed by atoms with Crippen LogP contribution in [0.5, 0.6) is 0 Å². The number of likely N-dealkylation sites (tertiary alicyclic amines) is 1. The Morgan fingerprint density at radius 1 is 1.04 bits per heavy atom. The summed E-state index contributed by atoms with van der Waals surface area (Å²) in [6, 6.07) is 13.9. The summed E-state index contributed by atoms with van der Waals surface area (Å²) < 4.78 is 0. The van der Waals surface area contributed by atoms with E-state index in [0.29, 0.717) is 5.69 Å². The predicted octanol–water partition coefficient (Wildman–Crippen LogP) is 2.74. The lowest BCUT2D eigenvalue weighted by molar-refractivity contribution is 0.0717. The van der Waals surface area contributed by atoms with Gasteiger partial charge in [0.1, 0.15) is 0 Å². The Hall–Kier alpha value is -2.43. The summed E-state index contributed by atoms with van der Waals surface area (Å²) in [6.45, 7) is 2.42. The van der Waals surface area contributed by atoms with Gasteiger partial charge in [-0.2, -0.15) is 0 Å². The number of hydrogen-bond acceptors (Lipinski definition) is 4. The largest absolute Gasteiger partial charge is 0.354 e. The molecule has 5 heteroatoms. The van der Waals surface area contributed by atoms with Gasteiger partial charge in [-0.15, -0.1) is 10.2 Å². The van der Waals surface area contributed by atoms with Crippen molar-refractivity contribution in [3.63, 3.8) is 0 Å². The third-order valence-corrected chi connectivity index (χ3v) is 4.17. The highest BCUT2D eigenvalue weighted by Gasteiger charge is 2.19. The lowest BCUT2D eigenvalue weighted by Gasteiger charge is -2.26. The van der Waals surface area contributed by atoms with Crippen molar-refractivity contribution in [2.24, 2.45) is 0 Å². The minimum absolute atomic E-state index is 0.00513. The molecule has 0 aliphatic carbocycles. The van der Waals surface area contributed by atoms with E-state index in [4.69, 9.17) is 0 Å². The molecule has 3 rings (SSSR count). The first kappa shape index (κ1) is 15.5. The zero-order chi connectivity index (χ0) is 16.1. The van der Waals surface area contributed by atoms with Gasteiger partial charge in [-0.3, -0.25) is 4.79 Å². The fourth-order valence-electron chi connectivity index (χ4n) is 2.84. The monoisotopic (exact) mass is 310 g/mol. The highest BCUT2D eigenvalue weighted by molar-refractivity contribution is 5.92. The van der Waals surface area contributed by atoms with Crippen LogP contribution in [-0.2, 0) is 6.54 Å². The van der Waals surface area contributed by atoms with Gasteiger partial charge in [-0.05, 0) is 37.0 Å². The van der Waals surface area contributed by atoms with Gasteiger partial charge < -0.3 is 9.80 Å². The van der Waals surface area contributed by atoms with E-state index >= 15 is 0 Å².